The summed E-state index contributed by atoms with van der Waals surface area (Å²) in [4.78, 5) is 1.57. The van der Waals surface area contributed by atoms with Gasteiger partial charge in [-0.3, -0.25) is 0 Å². The quantitative estimate of drug-likeness (QED) is 0.483. The Kier molecular flexibility index (Phi) is 7.32. The maximum atomic E-state index is 2.28. The van der Waals surface area contributed by atoms with Crippen molar-refractivity contribution in [3.8, 4) is 0 Å². The Morgan fingerprint density at radius 1 is 0.938 bits per heavy atom. The zero-order valence-corrected chi connectivity index (χ0v) is 12.7. The minimum atomic E-state index is 1.34. The average Bonchev–Trinajstić information content (AvgIpc) is 2.56. The van der Waals surface area contributed by atoms with Gasteiger partial charge in [-0.1, -0.05) is 53.6 Å². The lowest BCUT2D eigenvalue weighted by atomic mass is 10.1. The standard InChI is InChI=1S/C14H25PS/c1-4-5-6-7-8-9-10-11-14-12(2)16-13(3)15-14/h4-11H2,1-3H3. The van der Waals surface area contributed by atoms with Gasteiger partial charge in [0.15, 0.2) is 0 Å². The van der Waals surface area contributed by atoms with Crippen LogP contribution < -0.4 is 0 Å². The predicted molar refractivity (Wildman–Crippen MR) is 78.0 cm³/mol. The first-order valence-electron chi connectivity index (χ1n) is 6.67. The van der Waals surface area contributed by atoms with Gasteiger partial charge in [-0.05, 0) is 32.0 Å². The van der Waals surface area contributed by atoms with E-state index in [1.807, 2.05) is 11.3 Å². The van der Waals surface area contributed by atoms with Crippen LogP contribution in [-0.2, 0) is 6.42 Å². The van der Waals surface area contributed by atoms with Crippen LogP contribution in [0.3, 0.4) is 0 Å². The Balaban J connectivity index is 2.05. The lowest BCUT2D eigenvalue weighted by molar-refractivity contribution is 0.590. The first kappa shape index (κ1) is 14.2. The third kappa shape index (κ3) is 5.46. The van der Waals surface area contributed by atoms with Crippen LogP contribution in [0, 0.1) is 13.8 Å². The fourth-order valence-electron chi connectivity index (χ4n) is 2.05. The molecule has 16 heavy (non-hydrogen) atoms. The molecule has 1 rings (SSSR count). The fraction of sp³-hybridized carbons (Fsp3) is 0.786. The summed E-state index contributed by atoms with van der Waals surface area (Å²) in [7, 11) is 1.52. The van der Waals surface area contributed by atoms with E-state index >= 15 is 0 Å². The molecule has 0 aliphatic heterocycles. The van der Waals surface area contributed by atoms with Gasteiger partial charge in [0.25, 0.3) is 0 Å². The molecule has 2 heteroatoms. The predicted octanol–water partition coefficient (Wildman–Crippen LogP) is 6.24. The molecular weight excluding hydrogens is 231 g/mol. The zero-order valence-electron chi connectivity index (χ0n) is 11.0. The topological polar surface area (TPSA) is 0 Å². The van der Waals surface area contributed by atoms with E-state index in [0.29, 0.717) is 0 Å². The van der Waals surface area contributed by atoms with Crippen molar-refractivity contribution in [2.75, 3.05) is 0 Å². The monoisotopic (exact) mass is 256 g/mol. The molecule has 0 N–H and O–H groups in total. The molecule has 0 saturated heterocycles. The minimum Gasteiger partial charge on any atom is -0.140 e. The second-order valence-corrected chi connectivity index (χ2v) is 7.77. The number of rotatable bonds is 8. The maximum Gasteiger partial charge on any atom is 0.0291 e. The van der Waals surface area contributed by atoms with Crippen LogP contribution in [0.1, 0.15) is 66.7 Å². The molecule has 0 aromatic carbocycles. The second-order valence-electron chi connectivity index (χ2n) is 4.61. The van der Waals surface area contributed by atoms with Gasteiger partial charge >= 0.3 is 0 Å². The molecule has 0 fully saturated rings. The summed E-state index contributed by atoms with van der Waals surface area (Å²) >= 11 is 1.99. The van der Waals surface area contributed by atoms with E-state index in [1.54, 1.807) is 14.8 Å². The summed E-state index contributed by atoms with van der Waals surface area (Å²) in [6.07, 6.45) is 11.3. The number of hydrogen-bond acceptors (Lipinski definition) is 1. The van der Waals surface area contributed by atoms with Gasteiger partial charge in [-0.2, -0.15) is 0 Å². The van der Waals surface area contributed by atoms with Crippen molar-refractivity contribution in [2.24, 2.45) is 0 Å². The van der Waals surface area contributed by atoms with Crippen molar-refractivity contribution in [2.45, 2.75) is 72.1 Å². The fourth-order valence-corrected chi connectivity index (χ4v) is 4.72. The molecule has 1 aromatic heterocycles. The second kappa shape index (κ2) is 8.25. The van der Waals surface area contributed by atoms with Crippen LogP contribution >= 0.6 is 19.5 Å². The highest BCUT2D eigenvalue weighted by molar-refractivity contribution is 7.43. The van der Waals surface area contributed by atoms with Crippen molar-refractivity contribution < 1.29 is 0 Å². The van der Waals surface area contributed by atoms with Gasteiger partial charge in [0, 0.05) is 9.49 Å². The van der Waals surface area contributed by atoms with Crippen molar-refractivity contribution in [1.29, 1.82) is 0 Å². The summed E-state index contributed by atoms with van der Waals surface area (Å²) < 4.78 is 1.57. The summed E-state index contributed by atoms with van der Waals surface area (Å²) in [5, 5.41) is 1.69. The largest absolute Gasteiger partial charge is 0.140 e. The van der Waals surface area contributed by atoms with Crippen LogP contribution in [0.15, 0.2) is 0 Å². The van der Waals surface area contributed by atoms with Gasteiger partial charge in [-0.15, -0.1) is 11.3 Å². The average molecular weight is 256 g/mol. The molecule has 0 nitrogen and oxygen atoms in total. The van der Waals surface area contributed by atoms with E-state index in [9.17, 15) is 0 Å². The van der Waals surface area contributed by atoms with Crippen LogP contribution in [0.25, 0.3) is 0 Å². The Hall–Kier alpha value is 0.130. The normalized spacial score (nSPS) is 11.4. The Morgan fingerprint density at radius 3 is 2.12 bits per heavy atom. The van der Waals surface area contributed by atoms with Crippen LogP contribution in [0.2, 0.25) is 0 Å². The zero-order chi connectivity index (χ0) is 11.8. The maximum absolute atomic E-state index is 2.28. The molecule has 0 atom stereocenters. The summed E-state index contributed by atoms with van der Waals surface area (Å²) in [5.74, 6) is 0. The summed E-state index contributed by atoms with van der Waals surface area (Å²) in [6, 6.07) is 0. The highest BCUT2D eigenvalue weighted by Gasteiger charge is 2.02. The molecule has 0 unspecified atom stereocenters. The lowest BCUT2D eigenvalue weighted by Crippen LogP contribution is -1.84. The molecule has 92 valence electrons. The van der Waals surface area contributed by atoms with E-state index in [2.05, 4.69) is 20.8 Å². The smallest absolute Gasteiger partial charge is 0.0291 e. The molecule has 0 aliphatic carbocycles. The van der Waals surface area contributed by atoms with E-state index < -0.39 is 0 Å². The SMILES string of the molecule is CCCCCCCCCc1pc(C)sc1C. The highest BCUT2D eigenvalue weighted by Crippen LogP contribution is 2.32. The molecular formula is C14H25PS. The third-order valence-corrected chi connectivity index (χ3v) is 5.71. The van der Waals surface area contributed by atoms with Crippen LogP contribution in [0.4, 0.5) is 0 Å². The van der Waals surface area contributed by atoms with E-state index in [1.165, 1.54) is 59.6 Å². The molecule has 0 radical (unpaired) electrons. The number of hydrogen-bond donors (Lipinski definition) is 0. The number of unbranched alkanes of at least 4 members (excludes halogenated alkanes) is 6. The van der Waals surface area contributed by atoms with Gasteiger partial charge in [0.1, 0.15) is 0 Å². The first-order valence-corrected chi connectivity index (χ1v) is 8.38. The van der Waals surface area contributed by atoms with E-state index in [0.717, 1.165) is 0 Å². The van der Waals surface area contributed by atoms with Crippen molar-refractivity contribution >= 4 is 19.5 Å². The molecule has 1 heterocycles. The molecule has 0 spiro atoms. The van der Waals surface area contributed by atoms with Crippen molar-refractivity contribution in [1.82, 2.24) is 0 Å². The summed E-state index contributed by atoms with van der Waals surface area (Å²) in [5.41, 5.74) is 0. The Labute approximate surface area is 107 Å². The minimum absolute atomic E-state index is 1.34. The lowest BCUT2D eigenvalue weighted by Gasteiger charge is -2.01. The molecule has 0 aliphatic rings. The highest BCUT2D eigenvalue weighted by atomic mass is 32.1. The van der Waals surface area contributed by atoms with E-state index in [4.69, 9.17) is 0 Å². The van der Waals surface area contributed by atoms with Gasteiger partial charge in [-0.25, -0.2) is 0 Å². The van der Waals surface area contributed by atoms with Crippen LogP contribution in [-0.4, -0.2) is 0 Å². The first-order chi connectivity index (χ1) is 7.74. The molecule has 0 amide bonds. The van der Waals surface area contributed by atoms with E-state index in [-0.39, 0.29) is 0 Å². The molecule has 1 aromatic rings. The number of aryl methyl sites for hydroxylation is 3. The Morgan fingerprint density at radius 2 is 1.56 bits per heavy atom. The third-order valence-electron chi connectivity index (χ3n) is 3.02. The van der Waals surface area contributed by atoms with Crippen molar-refractivity contribution in [3.63, 3.8) is 0 Å². The molecule has 0 bridgehead atoms. The van der Waals surface area contributed by atoms with Crippen LogP contribution in [0.5, 0.6) is 0 Å². The molecule has 0 saturated carbocycles. The Bertz CT molecular complexity index is 291. The van der Waals surface area contributed by atoms with Gasteiger partial charge in [0.2, 0.25) is 0 Å². The van der Waals surface area contributed by atoms with Crippen molar-refractivity contribution in [3.05, 3.63) is 14.8 Å². The van der Waals surface area contributed by atoms with Gasteiger partial charge < -0.3 is 0 Å². The summed E-state index contributed by atoms with van der Waals surface area (Å²) in [6.45, 7) is 6.82. The van der Waals surface area contributed by atoms with Gasteiger partial charge in [0.05, 0.1) is 0 Å².